The Balaban J connectivity index is 2.15. The van der Waals surface area contributed by atoms with Crippen molar-refractivity contribution in [3.05, 3.63) is 23.8 Å². The van der Waals surface area contributed by atoms with Crippen LogP contribution in [-0.4, -0.2) is 26.3 Å². The number of hydrogen-bond donors (Lipinski definition) is 1. The Morgan fingerprint density at radius 1 is 1.24 bits per heavy atom. The molecule has 1 heterocycles. The van der Waals surface area contributed by atoms with Gasteiger partial charge in [-0.1, -0.05) is 0 Å². The van der Waals surface area contributed by atoms with E-state index in [2.05, 4.69) is 5.32 Å². The lowest BCUT2D eigenvalue weighted by atomic mass is 10.1. The number of hydrogen-bond acceptors (Lipinski definition) is 3. The molecule has 0 amide bonds. The van der Waals surface area contributed by atoms with Gasteiger partial charge in [-0.3, -0.25) is 0 Å². The highest BCUT2D eigenvalue weighted by Crippen LogP contribution is 2.31. The number of piperidine rings is 1. The molecule has 1 atom stereocenters. The van der Waals surface area contributed by atoms with Crippen LogP contribution in [0.15, 0.2) is 12.1 Å². The molecule has 0 aromatic heterocycles. The van der Waals surface area contributed by atoms with Gasteiger partial charge in [0.05, 0.1) is 7.11 Å². The van der Waals surface area contributed by atoms with Crippen molar-refractivity contribution in [1.29, 1.82) is 0 Å². The third kappa shape index (κ3) is 2.85. The number of nitrogens with one attached hydrogen (secondary N) is 1. The molecule has 1 aliphatic rings. The fraction of sp³-hybridized carbons (Fsp3) is 0.500. The van der Waals surface area contributed by atoms with Crippen LogP contribution in [0.3, 0.4) is 0 Å². The van der Waals surface area contributed by atoms with E-state index in [0.29, 0.717) is 6.54 Å². The van der Waals surface area contributed by atoms with Crippen LogP contribution in [0.4, 0.5) is 8.78 Å². The zero-order chi connectivity index (χ0) is 12.3. The minimum absolute atomic E-state index is 0.0255. The highest BCUT2D eigenvalue weighted by molar-refractivity contribution is 5.40. The van der Waals surface area contributed by atoms with Crippen LogP contribution in [0.25, 0.3) is 0 Å². The lowest BCUT2D eigenvalue weighted by Gasteiger charge is -2.24. The van der Waals surface area contributed by atoms with Crippen LogP contribution >= 0.6 is 0 Å². The molecule has 5 heteroatoms. The Hall–Kier alpha value is -1.36. The molecule has 0 aliphatic carbocycles. The van der Waals surface area contributed by atoms with E-state index in [-0.39, 0.29) is 17.6 Å². The molecule has 1 fully saturated rings. The average molecular weight is 243 g/mol. The summed E-state index contributed by atoms with van der Waals surface area (Å²) in [7, 11) is 1.40. The van der Waals surface area contributed by atoms with E-state index >= 15 is 0 Å². The van der Waals surface area contributed by atoms with E-state index in [9.17, 15) is 8.78 Å². The molecule has 2 rings (SSSR count). The van der Waals surface area contributed by atoms with Gasteiger partial charge in [0.15, 0.2) is 23.1 Å². The summed E-state index contributed by atoms with van der Waals surface area (Å²) in [5, 5.41) is 3.18. The second-order valence-corrected chi connectivity index (χ2v) is 4.00. The highest BCUT2D eigenvalue weighted by atomic mass is 19.2. The van der Waals surface area contributed by atoms with Gasteiger partial charge in [0.25, 0.3) is 0 Å². The highest BCUT2D eigenvalue weighted by Gasteiger charge is 2.18. The minimum Gasteiger partial charge on any atom is -0.493 e. The Bertz CT molecular complexity index is 392. The third-order valence-electron chi connectivity index (χ3n) is 2.75. The van der Waals surface area contributed by atoms with Gasteiger partial charge in [0, 0.05) is 18.7 Å². The summed E-state index contributed by atoms with van der Waals surface area (Å²) in [5.74, 6) is -1.39. The van der Waals surface area contributed by atoms with Crippen molar-refractivity contribution in [2.75, 3.05) is 20.2 Å². The molecule has 1 aliphatic heterocycles. The summed E-state index contributed by atoms with van der Waals surface area (Å²) < 4.78 is 36.7. The molecule has 0 saturated carbocycles. The molecule has 1 saturated heterocycles. The topological polar surface area (TPSA) is 30.5 Å². The van der Waals surface area contributed by atoms with Gasteiger partial charge in [-0.05, 0) is 19.4 Å². The van der Waals surface area contributed by atoms with E-state index in [1.54, 1.807) is 0 Å². The number of halogens is 2. The van der Waals surface area contributed by atoms with Crippen LogP contribution in [0.2, 0.25) is 0 Å². The summed E-state index contributed by atoms with van der Waals surface area (Å²) in [4.78, 5) is 0. The van der Waals surface area contributed by atoms with Gasteiger partial charge in [0.1, 0.15) is 6.10 Å². The summed E-state index contributed by atoms with van der Waals surface area (Å²) in [6, 6.07) is 2.03. The largest absolute Gasteiger partial charge is 0.493 e. The monoisotopic (exact) mass is 243 g/mol. The molecule has 0 bridgehead atoms. The molecule has 0 spiro atoms. The van der Waals surface area contributed by atoms with Crippen molar-refractivity contribution >= 4 is 0 Å². The predicted molar refractivity (Wildman–Crippen MR) is 59.4 cm³/mol. The molecular weight excluding hydrogens is 228 g/mol. The van der Waals surface area contributed by atoms with Gasteiger partial charge < -0.3 is 14.8 Å². The van der Waals surface area contributed by atoms with Gasteiger partial charge in [-0.2, -0.15) is 0 Å². The summed E-state index contributed by atoms with van der Waals surface area (Å²) >= 11 is 0. The maximum absolute atomic E-state index is 13.1. The molecule has 3 nitrogen and oxygen atoms in total. The number of methoxy groups -OCH3 is 1. The van der Waals surface area contributed by atoms with E-state index < -0.39 is 11.6 Å². The Morgan fingerprint density at radius 2 is 1.94 bits per heavy atom. The lowest BCUT2D eigenvalue weighted by Crippen LogP contribution is -2.37. The van der Waals surface area contributed by atoms with Gasteiger partial charge >= 0.3 is 0 Å². The fourth-order valence-corrected chi connectivity index (χ4v) is 1.86. The first kappa shape index (κ1) is 12.1. The van der Waals surface area contributed by atoms with E-state index in [1.165, 1.54) is 7.11 Å². The van der Waals surface area contributed by atoms with Crippen LogP contribution in [0.5, 0.6) is 11.5 Å². The first-order valence-electron chi connectivity index (χ1n) is 5.61. The van der Waals surface area contributed by atoms with E-state index in [4.69, 9.17) is 9.47 Å². The molecule has 94 valence electrons. The summed E-state index contributed by atoms with van der Waals surface area (Å²) in [5.41, 5.74) is 0. The average Bonchev–Trinajstić information content (AvgIpc) is 2.35. The Kier molecular flexibility index (Phi) is 3.78. The van der Waals surface area contributed by atoms with E-state index in [0.717, 1.165) is 31.5 Å². The quantitative estimate of drug-likeness (QED) is 0.882. The number of ether oxygens (including phenoxy) is 2. The van der Waals surface area contributed by atoms with Crippen molar-refractivity contribution in [1.82, 2.24) is 5.32 Å². The SMILES string of the molecule is COc1cc(F)c(F)cc1OC1CCCNC1. The molecule has 1 aromatic rings. The first-order valence-corrected chi connectivity index (χ1v) is 5.61. The van der Waals surface area contributed by atoms with Crippen molar-refractivity contribution < 1.29 is 18.3 Å². The molecular formula is C12H15F2NO2. The predicted octanol–water partition coefficient (Wildman–Crippen LogP) is 2.10. The third-order valence-corrected chi connectivity index (χ3v) is 2.75. The smallest absolute Gasteiger partial charge is 0.164 e. The van der Waals surface area contributed by atoms with Crippen LogP contribution in [0, 0.1) is 11.6 Å². The zero-order valence-electron chi connectivity index (χ0n) is 9.63. The summed E-state index contributed by atoms with van der Waals surface area (Å²) in [6.45, 7) is 1.68. The molecule has 17 heavy (non-hydrogen) atoms. The molecule has 1 N–H and O–H groups in total. The Labute approximate surface area is 98.7 Å². The van der Waals surface area contributed by atoms with E-state index in [1.807, 2.05) is 0 Å². The second-order valence-electron chi connectivity index (χ2n) is 4.00. The van der Waals surface area contributed by atoms with Gasteiger partial charge in [0.2, 0.25) is 0 Å². The van der Waals surface area contributed by atoms with Crippen LogP contribution < -0.4 is 14.8 Å². The maximum Gasteiger partial charge on any atom is 0.164 e. The van der Waals surface area contributed by atoms with Crippen molar-refractivity contribution in [2.45, 2.75) is 18.9 Å². The van der Waals surface area contributed by atoms with Crippen LogP contribution in [-0.2, 0) is 0 Å². The number of benzene rings is 1. The van der Waals surface area contributed by atoms with Crippen molar-refractivity contribution in [3.63, 3.8) is 0 Å². The number of rotatable bonds is 3. The minimum atomic E-state index is -0.934. The normalized spacial score (nSPS) is 20.1. The summed E-state index contributed by atoms with van der Waals surface area (Å²) in [6.07, 6.45) is 1.88. The zero-order valence-corrected chi connectivity index (χ0v) is 9.63. The fourth-order valence-electron chi connectivity index (χ4n) is 1.86. The molecule has 0 radical (unpaired) electrons. The standard InChI is InChI=1S/C12H15F2NO2/c1-16-11-5-9(13)10(14)6-12(11)17-8-3-2-4-15-7-8/h5-6,8,15H,2-4,7H2,1H3. The first-order chi connectivity index (χ1) is 8.20. The molecule has 1 unspecified atom stereocenters. The van der Waals surface area contributed by atoms with Crippen molar-refractivity contribution in [2.24, 2.45) is 0 Å². The maximum atomic E-state index is 13.1. The lowest BCUT2D eigenvalue weighted by molar-refractivity contribution is 0.160. The van der Waals surface area contributed by atoms with Crippen molar-refractivity contribution in [3.8, 4) is 11.5 Å². The molecule has 1 aromatic carbocycles. The Morgan fingerprint density at radius 3 is 2.53 bits per heavy atom. The van der Waals surface area contributed by atoms with Gasteiger partial charge in [-0.25, -0.2) is 8.78 Å². The van der Waals surface area contributed by atoms with Crippen LogP contribution in [0.1, 0.15) is 12.8 Å². The second kappa shape index (κ2) is 5.31. The van der Waals surface area contributed by atoms with Gasteiger partial charge in [-0.15, -0.1) is 0 Å².